The van der Waals surface area contributed by atoms with Crippen LogP contribution in [0.1, 0.15) is 26.7 Å². The predicted octanol–water partition coefficient (Wildman–Crippen LogP) is 1.75. The van der Waals surface area contributed by atoms with Crippen LogP contribution in [0.15, 0.2) is 28.7 Å². The van der Waals surface area contributed by atoms with Crippen LogP contribution in [0.4, 0.5) is 10.5 Å². The molecule has 0 heterocycles. The lowest BCUT2D eigenvalue weighted by Gasteiger charge is -2.21. The van der Waals surface area contributed by atoms with Gasteiger partial charge in [-0.15, -0.1) is 12.4 Å². The van der Waals surface area contributed by atoms with Gasteiger partial charge in [-0.1, -0.05) is 27.7 Å². The number of nitrogens with zero attached hydrogens (tertiary/aromatic N) is 1. The van der Waals surface area contributed by atoms with Gasteiger partial charge in [0.2, 0.25) is 11.8 Å². The molecule has 0 bridgehead atoms. The summed E-state index contributed by atoms with van der Waals surface area (Å²) in [5, 5.41) is 14.5. The first-order valence-corrected chi connectivity index (χ1v) is 12.4. The Bertz CT molecular complexity index is 893. The first kappa shape index (κ1) is 33.6. The average molecular weight is 614 g/mol. The minimum atomic E-state index is -1.28. The molecule has 1 aromatic carbocycles. The third-order valence-electron chi connectivity index (χ3n) is 4.26. The van der Waals surface area contributed by atoms with Crippen LogP contribution in [-0.2, 0) is 28.7 Å². The summed E-state index contributed by atoms with van der Waals surface area (Å²) >= 11 is 3.81. The molecule has 36 heavy (non-hydrogen) atoms. The van der Waals surface area contributed by atoms with Gasteiger partial charge in [-0.05, 0) is 44.5 Å². The lowest BCUT2D eigenvalue weighted by atomic mass is 10.1. The van der Waals surface area contributed by atoms with Gasteiger partial charge >= 0.3 is 17.2 Å². The number of hydrogen-bond acceptors (Lipinski definition) is 10. The quantitative estimate of drug-likeness (QED) is 0.146. The van der Waals surface area contributed by atoms with Crippen molar-refractivity contribution in [2.45, 2.75) is 38.8 Å². The molecule has 0 aromatic heterocycles. The molecule has 0 fully saturated rings. The Morgan fingerprint density at radius 1 is 1.06 bits per heavy atom. The van der Waals surface area contributed by atoms with E-state index in [0.717, 1.165) is 4.47 Å². The van der Waals surface area contributed by atoms with E-state index in [4.69, 9.17) is 15.2 Å². The largest absolute Gasteiger partial charge is 0.466 e. The van der Waals surface area contributed by atoms with Crippen molar-refractivity contribution in [3.63, 3.8) is 0 Å². The number of carbonyl (C=O) groups is 5. The maximum Gasteiger partial charge on any atom is 0.325 e. The smallest absolute Gasteiger partial charge is 0.325 e. The second kappa shape index (κ2) is 17.9. The zero-order valence-electron chi connectivity index (χ0n) is 19.7. The van der Waals surface area contributed by atoms with E-state index in [-0.39, 0.29) is 49.9 Å². The second-order valence-electron chi connectivity index (χ2n) is 6.90. The summed E-state index contributed by atoms with van der Waals surface area (Å²) in [6, 6.07) is 3.84. The van der Waals surface area contributed by atoms with E-state index in [1.165, 1.54) is 12.1 Å². The number of carbonyl (C=O) groups excluding carboxylic acids is 5. The van der Waals surface area contributed by atoms with Crippen LogP contribution in [-0.4, -0.2) is 71.8 Å². The molecule has 12 nitrogen and oxygen atoms in total. The number of ether oxygens (including phenoxy) is 2. The summed E-state index contributed by atoms with van der Waals surface area (Å²) in [5.74, 6) is -2.99. The molecule has 2 atom stereocenters. The van der Waals surface area contributed by atoms with E-state index in [1.807, 2.05) is 0 Å². The number of esters is 2. The molecule has 2 unspecified atom stereocenters. The molecule has 1 rings (SSSR count). The summed E-state index contributed by atoms with van der Waals surface area (Å²) in [4.78, 5) is 60.5. The van der Waals surface area contributed by atoms with Crippen LogP contribution in [0, 0.1) is 0 Å². The number of benzene rings is 1. The Hall–Kier alpha value is -2.39. The summed E-state index contributed by atoms with van der Waals surface area (Å²) in [6.07, 6.45) is -0.121. The standard InChI is InChI=1S/C21H29BrN4O8S.ClH/c1-3-33-17(27)10-9-15(23)19(29)25-16(20(30)24-11-18(28)34-4-2)12-35-21(31)26(32)14-7-5-13(22)6-8-14;/h5-8,15-16,32H,3-4,9-12,23H2,1-2H3,(H,24,30)(H,25,29);1H. The van der Waals surface area contributed by atoms with Crippen molar-refractivity contribution in [2.75, 3.05) is 30.6 Å². The van der Waals surface area contributed by atoms with Gasteiger partial charge in [0, 0.05) is 16.6 Å². The van der Waals surface area contributed by atoms with Gasteiger partial charge in [0.15, 0.2) is 0 Å². The van der Waals surface area contributed by atoms with Crippen LogP contribution in [0.25, 0.3) is 0 Å². The number of rotatable bonds is 13. The molecule has 0 aliphatic rings. The summed E-state index contributed by atoms with van der Waals surface area (Å²) < 4.78 is 10.3. The van der Waals surface area contributed by atoms with Gasteiger partial charge in [0.1, 0.15) is 12.6 Å². The highest BCUT2D eigenvalue weighted by Gasteiger charge is 2.27. The summed E-state index contributed by atoms with van der Waals surface area (Å²) in [5.41, 5.74) is 6.01. The Morgan fingerprint density at radius 3 is 2.22 bits per heavy atom. The summed E-state index contributed by atoms with van der Waals surface area (Å²) in [6.45, 7) is 3.12. The first-order chi connectivity index (χ1) is 16.6. The van der Waals surface area contributed by atoms with Crippen molar-refractivity contribution in [2.24, 2.45) is 5.73 Å². The normalized spacial score (nSPS) is 11.8. The number of nitrogens with one attached hydrogen (secondary N) is 2. The SMILES string of the molecule is CCOC(=O)CCC(N)C(=O)NC(CSC(=O)N(O)c1ccc(Br)cc1)C(=O)NCC(=O)OCC.Cl. The van der Waals surface area contributed by atoms with E-state index in [9.17, 15) is 29.2 Å². The van der Waals surface area contributed by atoms with Crippen molar-refractivity contribution < 1.29 is 38.7 Å². The van der Waals surface area contributed by atoms with Crippen molar-refractivity contribution in [3.8, 4) is 0 Å². The number of nitrogens with two attached hydrogens (primary N) is 1. The molecule has 1 aromatic rings. The number of hydrogen-bond donors (Lipinski definition) is 4. The number of thioether (sulfide) groups is 1. The lowest BCUT2D eigenvalue weighted by Crippen LogP contribution is -2.53. The fourth-order valence-corrected chi connectivity index (χ4v) is 3.53. The molecule has 15 heteroatoms. The van der Waals surface area contributed by atoms with Gasteiger partial charge in [-0.25, -0.2) is 0 Å². The van der Waals surface area contributed by atoms with E-state index in [2.05, 4.69) is 26.6 Å². The number of halogens is 2. The highest BCUT2D eigenvalue weighted by molar-refractivity contribution is 9.10. The van der Waals surface area contributed by atoms with Crippen molar-refractivity contribution in [1.82, 2.24) is 10.6 Å². The van der Waals surface area contributed by atoms with Crippen molar-refractivity contribution in [1.29, 1.82) is 0 Å². The molecular weight excluding hydrogens is 584 g/mol. The molecule has 0 radical (unpaired) electrons. The molecule has 0 aliphatic carbocycles. The molecule has 3 amide bonds. The van der Waals surface area contributed by atoms with E-state index in [0.29, 0.717) is 16.8 Å². The molecule has 0 aliphatic heterocycles. The van der Waals surface area contributed by atoms with Crippen LogP contribution in [0.3, 0.4) is 0 Å². The molecule has 0 saturated heterocycles. The van der Waals surface area contributed by atoms with Crippen molar-refractivity contribution >= 4 is 74.8 Å². The molecule has 5 N–H and O–H groups in total. The second-order valence-corrected chi connectivity index (χ2v) is 8.79. The minimum Gasteiger partial charge on any atom is -0.466 e. The number of amides is 3. The Labute approximate surface area is 227 Å². The van der Waals surface area contributed by atoms with Gasteiger partial charge in [0.25, 0.3) is 0 Å². The summed E-state index contributed by atoms with van der Waals surface area (Å²) in [7, 11) is 0. The Morgan fingerprint density at radius 2 is 1.64 bits per heavy atom. The van der Waals surface area contributed by atoms with Gasteiger partial charge in [-0.2, -0.15) is 5.06 Å². The zero-order chi connectivity index (χ0) is 26.4. The van der Waals surface area contributed by atoms with Crippen LogP contribution >= 0.6 is 40.1 Å². The van der Waals surface area contributed by atoms with Gasteiger partial charge < -0.3 is 25.8 Å². The van der Waals surface area contributed by atoms with Crippen LogP contribution < -0.4 is 21.4 Å². The first-order valence-electron chi connectivity index (χ1n) is 10.6. The van der Waals surface area contributed by atoms with Crippen molar-refractivity contribution in [3.05, 3.63) is 28.7 Å². The molecule has 0 saturated carbocycles. The topological polar surface area (TPSA) is 177 Å². The van der Waals surface area contributed by atoms with Gasteiger partial charge in [0.05, 0.1) is 24.9 Å². The Balaban J connectivity index is 0.0000122. The maximum atomic E-state index is 12.6. The van der Waals surface area contributed by atoms with E-state index < -0.39 is 47.6 Å². The monoisotopic (exact) mass is 612 g/mol. The highest BCUT2D eigenvalue weighted by Crippen LogP contribution is 2.21. The molecular formula is C21H30BrClN4O8S. The third kappa shape index (κ3) is 12.5. The molecule has 0 spiro atoms. The third-order valence-corrected chi connectivity index (χ3v) is 5.71. The Kier molecular flexibility index (Phi) is 16.8. The van der Waals surface area contributed by atoms with Gasteiger partial charge in [-0.3, -0.25) is 29.2 Å². The minimum absolute atomic E-state index is 0. The fraction of sp³-hybridized carbons (Fsp3) is 0.476. The molecule has 202 valence electrons. The predicted molar refractivity (Wildman–Crippen MR) is 139 cm³/mol. The van der Waals surface area contributed by atoms with Crippen LogP contribution in [0.2, 0.25) is 0 Å². The maximum absolute atomic E-state index is 12.6. The van der Waals surface area contributed by atoms with E-state index >= 15 is 0 Å². The fourth-order valence-electron chi connectivity index (χ4n) is 2.50. The number of hydroxylamine groups is 1. The number of anilines is 1. The zero-order valence-corrected chi connectivity index (χ0v) is 22.9. The van der Waals surface area contributed by atoms with E-state index in [1.54, 1.807) is 26.0 Å². The average Bonchev–Trinajstić information content (AvgIpc) is 2.83. The lowest BCUT2D eigenvalue weighted by molar-refractivity contribution is -0.144. The highest BCUT2D eigenvalue weighted by atomic mass is 79.9. The van der Waals surface area contributed by atoms with Crippen LogP contribution in [0.5, 0.6) is 0 Å².